The van der Waals surface area contributed by atoms with Gasteiger partial charge >= 0.3 is 0 Å². The second-order valence-electron chi connectivity index (χ2n) is 6.55. The number of thiophene rings is 1. The first kappa shape index (κ1) is 18.8. The SMILES string of the molecule is Cc1ccc([C@H]2[C@@H](S(=O)(=O)NCCCN3CCCC3=O)CON2C)s1. The van der Waals surface area contributed by atoms with E-state index in [2.05, 4.69) is 4.72 Å². The summed E-state index contributed by atoms with van der Waals surface area (Å²) in [6.07, 6.45) is 2.13. The van der Waals surface area contributed by atoms with Gasteiger partial charge in [0, 0.05) is 42.9 Å². The number of hydrogen-bond donors (Lipinski definition) is 1. The number of nitrogens with zero attached hydrogens (tertiary/aromatic N) is 2. The number of carbonyl (C=O) groups excluding carboxylic acids is 1. The van der Waals surface area contributed by atoms with E-state index in [4.69, 9.17) is 4.84 Å². The van der Waals surface area contributed by atoms with Gasteiger partial charge in [-0.25, -0.2) is 13.1 Å². The highest BCUT2D eigenvalue weighted by molar-refractivity contribution is 7.90. The normalized spacial score (nSPS) is 25.2. The Bertz CT molecular complexity index is 719. The van der Waals surface area contributed by atoms with Crippen LogP contribution in [0.5, 0.6) is 0 Å². The molecule has 0 aliphatic carbocycles. The zero-order valence-electron chi connectivity index (χ0n) is 14.6. The van der Waals surface area contributed by atoms with Crippen LogP contribution in [0.1, 0.15) is 35.1 Å². The Hall–Kier alpha value is -1.00. The molecule has 1 amide bonds. The fourth-order valence-electron chi connectivity index (χ4n) is 3.36. The van der Waals surface area contributed by atoms with E-state index >= 15 is 0 Å². The quantitative estimate of drug-likeness (QED) is 0.713. The molecular weight excluding hydrogens is 362 g/mol. The van der Waals surface area contributed by atoms with Crippen molar-refractivity contribution in [3.8, 4) is 0 Å². The number of hydrogen-bond acceptors (Lipinski definition) is 6. The van der Waals surface area contributed by atoms with Crippen molar-refractivity contribution in [1.29, 1.82) is 0 Å². The van der Waals surface area contributed by atoms with Crippen molar-refractivity contribution in [2.75, 3.05) is 33.3 Å². The average Bonchev–Trinajstić information content (AvgIpc) is 3.25. The number of likely N-dealkylation sites (tertiary alicyclic amines) is 1. The van der Waals surface area contributed by atoms with Gasteiger partial charge in [0.2, 0.25) is 15.9 Å². The van der Waals surface area contributed by atoms with E-state index in [0.29, 0.717) is 25.9 Å². The Morgan fingerprint density at radius 2 is 2.20 bits per heavy atom. The van der Waals surface area contributed by atoms with Crippen molar-refractivity contribution in [1.82, 2.24) is 14.7 Å². The van der Waals surface area contributed by atoms with Gasteiger partial charge in [0.1, 0.15) is 5.25 Å². The summed E-state index contributed by atoms with van der Waals surface area (Å²) in [6.45, 7) is 3.88. The van der Waals surface area contributed by atoms with Gasteiger partial charge in [-0.3, -0.25) is 9.63 Å². The summed E-state index contributed by atoms with van der Waals surface area (Å²) < 4.78 is 28.2. The van der Waals surface area contributed by atoms with Crippen LogP contribution < -0.4 is 4.72 Å². The Balaban J connectivity index is 1.57. The number of amides is 1. The molecule has 3 rings (SSSR count). The largest absolute Gasteiger partial charge is 0.343 e. The van der Waals surface area contributed by atoms with E-state index in [9.17, 15) is 13.2 Å². The third kappa shape index (κ3) is 4.22. The van der Waals surface area contributed by atoms with Crippen LogP contribution >= 0.6 is 11.3 Å². The number of hydroxylamine groups is 2. The highest BCUT2D eigenvalue weighted by Crippen LogP contribution is 2.36. The summed E-state index contributed by atoms with van der Waals surface area (Å²) >= 11 is 1.60. The van der Waals surface area contributed by atoms with Crippen molar-refractivity contribution >= 4 is 27.3 Å². The summed E-state index contributed by atoms with van der Waals surface area (Å²) in [4.78, 5) is 21.0. The fraction of sp³-hybridized carbons (Fsp3) is 0.688. The molecule has 140 valence electrons. The highest BCUT2D eigenvalue weighted by Gasteiger charge is 2.43. The van der Waals surface area contributed by atoms with Crippen molar-refractivity contribution in [3.05, 3.63) is 21.9 Å². The van der Waals surface area contributed by atoms with Crippen molar-refractivity contribution in [2.24, 2.45) is 0 Å². The Morgan fingerprint density at radius 3 is 2.84 bits per heavy atom. The van der Waals surface area contributed by atoms with Crippen molar-refractivity contribution in [3.63, 3.8) is 0 Å². The lowest BCUT2D eigenvalue weighted by Gasteiger charge is -2.22. The second kappa shape index (κ2) is 7.71. The Labute approximate surface area is 152 Å². The van der Waals surface area contributed by atoms with Gasteiger partial charge in [0.15, 0.2) is 0 Å². The van der Waals surface area contributed by atoms with Gasteiger partial charge in [-0.2, -0.15) is 5.06 Å². The molecular formula is C16H25N3O4S2. The molecule has 2 atom stereocenters. The van der Waals surface area contributed by atoms with E-state index in [1.807, 2.05) is 19.1 Å². The van der Waals surface area contributed by atoms with Crippen LogP contribution in [0, 0.1) is 6.92 Å². The first-order valence-corrected chi connectivity index (χ1v) is 10.9. The maximum absolute atomic E-state index is 12.7. The number of aryl methyl sites for hydroxylation is 1. The molecule has 2 aliphatic heterocycles. The summed E-state index contributed by atoms with van der Waals surface area (Å²) in [5.74, 6) is 0.168. The molecule has 2 aliphatic rings. The van der Waals surface area contributed by atoms with Crippen LogP contribution in [0.3, 0.4) is 0 Å². The van der Waals surface area contributed by atoms with Crippen LogP contribution in [0.4, 0.5) is 0 Å². The molecule has 0 saturated carbocycles. The third-order valence-corrected chi connectivity index (χ3v) is 7.59. The second-order valence-corrected chi connectivity index (χ2v) is 9.85. The Morgan fingerprint density at radius 1 is 1.40 bits per heavy atom. The molecule has 2 saturated heterocycles. The number of carbonyl (C=O) groups is 1. The van der Waals surface area contributed by atoms with E-state index in [-0.39, 0.29) is 18.6 Å². The molecule has 0 aromatic carbocycles. The minimum atomic E-state index is -3.50. The minimum absolute atomic E-state index is 0.151. The molecule has 0 bridgehead atoms. The molecule has 0 radical (unpaired) electrons. The lowest BCUT2D eigenvalue weighted by molar-refractivity contribution is -0.127. The summed E-state index contributed by atoms with van der Waals surface area (Å²) in [6, 6.07) is 3.67. The van der Waals surface area contributed by atoms with Gasteiger partial charge in [0.05, 0.1) is 12.6 Å². The molecule has 1 N–H and O–H groups in total. The van der Waals surface area contributed by atoms with E-state index in [0.717, 1.165) is 22.7 Å². The molecule has 25 heavy (non-hydrogen) atoms. The topological polar surface area (TPSA) is 79.0 Å². The maximum Gasteiger partial charge on any atom is 0.222 e. The molecule has 0 unspecified atom stereocenters. The van der Waals surface area contributed by atoms with Gasteiger partial charge < -0.3 is 4.90 Å². The van der Waals surface area contributed by atoms with Crippen molar-refractivity contribution < 1.29 is 18.0 Å². The third-order valence-electron chi connectivity index (χ3n) is 4.72. The van der Waals surface area contributed by atoms with Gasteiger partial charge in [-0.15, -0.1) is 11.3 Å². The van der Waals surface area contributed by atoms with Crippen LogP contribution in [0.25, 0.3) is 0 Å². The number of nitrogens with one attached hydrogen (secondary N) is 1. The van der Waals surface area contributed by atoms with Gasteiger partial charge in [0.25, 0.3) is 0 Å². The highest BCUT2D eigenvalue weighted by atomic mass is 32.2. The smallest absolute Gasteiger partial charge is 0.222 e. The molecule has 1 aromatic rings. The number of rotatable bonds is 7. The molecule has 2 fully saturated rings. The van der Waals surface area contributed by atoms with E-state index in [1.165, 1.54) is 0 Å². The fourth-order valence-corrected chi connectivity index (χ4v) is 6.07. The first-order chi connectivity index (χ1) is 11.9. The lowest BCUT2D eigenvalue weighted by atomic mass is 10.2. The first-order valence-electron chi connectivity index (χ1n) is 8.57. The van der Waals surface area contributed by atoms with Crippen LogP contribution in [0.2, 0.25) is 0 Å². The number of sulfonamides is 1. The lowest BCUT2D eigenvalue weighted by Crippen LogP contribution is -2.40. The minimum Gasteiger partial charge on any atom is -0.343 e. The predicted octanol–water partition coefficient (Wildman–Crippen LogP) is 1.28. The molecule has 7 nitrogen and oxygen atoms in total. The molecule has 0 spiro atoms. The van der Waals surface area contributed by atoms with Gasteiger partial charge in [-0.05, 0) is 31.9 Å². The Kier molecular flexibility index (Phi) is 5.79. The van der Waals surface area contributed by atoms with E-state index in [1.54, 1.807) is 28.3 Å². The summed E-state index contributed by atoms with van der Waals surface area (Å²) in [5, 5.41) is 1.00. The molecule has 9 heteroatoms. The van der Waals surface area contributed by atoms with Crippen molar-refractivity contribution in [2.45, 2.75) is 37.5 Å². The standard InChI is InChI=1S/C16H25N3O4S2/c1-12-6-7-13(24-12)16-14(11-23-18(16)2)25(21,22)17-8-4-10-19-9-3-5-15(19)20/h6-7,14,16-17H,3-5,8-11H2,1-2H3/t14-,16-/m0/s1. The summed E-state index contributed by atoms with van der Waals surface area (Å²) in [5.41, 5.74) is 0. The predicted molar refractivity (Wildman–Crippen MR) is 96.7 cm³/mol. The zero-order chi connectivity index (χ0) is 18.0. The zero-order valence-corrected chi connectivity index (χ0v) is 16.2. The van der Waals surface area contributed by atoms with Crippen LogP contribution in [0.15, 0.2) is 12.1 Å². The molecule has 3 heterocycles. The van der Waals surface area contributed by atoms with Gasteiger partial charge in [-0.1, -0.05) is 0 Å². The van der Waals surface area contributed by atoms with Crippen LogP contribution in [-0.2, 0) is 19.7 Å². The summed E-state index contributed by atoms with van der Waals surface area (Å²) in [7, 11) is -1.73. The molecule has 1 aromatic heterocycles. The van der Waals surface area contributed by atoms with Crippen LogP contribution in [-0.4, -0.2) is 62.8 Å². The van der Waals surface area contributed by atoms with E-state index < -0.39 is 15.3 Å². The maximum atomic E-state index is 12.7. The monoisotopic (exact) mass is 387 g/mol. The average molecular weight is 388 g/mol.